The van der Waals surface area contributed by atoms with E-state index in [0.29, 0.717) is 33.7 Å². The van der Waals surface area contributed by atoms with E-state index in [-0.39, 0.29) is 18.8 Å². The maximum atomic E-state index is 13.7. The normalized spacial score (nSPS) is 11.6. The van der Waals surface area contributed by atoms with Gasteiger partial charge in [-0.05, 0) is 25.1 Å². The number of rotatable bonds is 7. The van der Waals surface area contributed by atoms with Gasteiger partial charge >= 0.3 is 6.18 Å². The molecular weight excluding hydrogens is 473 g/mol. The van der Waals surface area contributed by atoms with Crippen LogP contribution in [-0.2, 0) is 12.6 Å². The van der Waals surface area contributed by atoms with Crippen LogP contribution in [-0.4, -0.2) is 36.4 Å². The number of aryl methyl sites for hydroxylation is 1. The van der Waals surface area contributed by atoms with E-state index in [9.17, 15) is 28.4 Å². The lowest BCUT2D eigenvalue weighted by Gasteiger charge is -2.19. The monoisotopic (exact) mass is 490 g/mol. The van der Waals surface area contributed by atoms with Gasteiger partial charge in [0.2, 0.25) is 0 Å². The fourth-order valence-corrected chi connectivity index (χ4v) is 3.99. The third-order valence-corrected chi connectivity index (χ3v) is 5.65. The number of alkyl halides is 3. The van der Waals surface area contributed by atoms with E-state index in [1.165, 1.54) is 11.3 Å². The maximum Gasteiger partial charge on any atom is 0.418 e. The molecule has 0 radical (unpaired) electrons. The third kappa shape index (κ3) is 4.75. The molecule has 0 amide bonds. The highest BCUT2D eigenvalue weighted by Gasteiger charge is 2.35. The largest absolute Gasteiger partial charge is 0.418 e. The van der Waals surface area contributed by atoms with Crippen molar-refractivity contribution < 1.29 is 23.2 Å². The average Bonchev–Trinajstić information content (AvgIpc) is 3.46. The molecule has 4 aromatic rings. The lowest BCUT2D eigenvalue weighted by atomic mass is 10.1. The van der Waals surface area contributed by atoms with E-state index in [2.05, 4.69) is 20.4 Å². The van der Waals surface area contributed by atoms with Crippen molar-refractivity contribution in [1.29, 1.82) is 0 Å². The van der Waals surface area contributed by atoms with Gasteiger partial charge in [-0.2, -0.15) is 18.3 Å². The van der Waals surface area contributed by atoms with E-state index >= 15 is 0 Å². The second kappa shape index (κ2) is 9.19. The van der Waals surface area contributed by atoms with Crippen LogP contribution in [0.15, 0.2) is 48.1 Å². The predicted octanol–water partition coefficient (Wildman–Crippen LogP) is 4.90. The number of nitro benzene ring substituents is 1. The fraction of sp³-hybridized carbons (Fsp3) is 0.190. The Morgan fingerprint density at radius 1 is 1.26 bits per heavy atom. The summed E-state index contributed by atoms with van der Waals surface area (Å²) in [5, 5.41) is 30.3. The summed E-state index contributed by atoms with van der Waals surface area (Å²) in [6.07, 6.45) is -1.44. The Bertz CT molecular complexity index is 1340. The molecular formula is C21H17F3N6O3S. The minimum absolute atomic E-state index is 0.0751. The van der Waals surface area contributed by atoms with Crippen molar-refractivity contribution in [3.8, 4) is 16.4 Å². The molecule has 0 aliphatic heterocycles. The Morgan fingerprint density at radius 3 is 2.71 bits per heavy atom. The highest BCUT2D eigenvalue weighted by molar-refractivity contribution is 7.13. The van der Waals surface area contributed by atoms with Crippen LogP contribution in [0, 0.1) is 17.0 Å². The van der Waals surface area contributed by atoms with Crippen LogP contribution in [0.5, 0.6) is 0 Å². The van der Waals surface area contributed by atoms with E-state index < -0.39 is 28.0 Å². The van der Waals surface area contributed by atoms with Gasteiger partial charge in [0.1, 0.15) is 16.5 Å². The van der Waals surface area contributed by atoms with Crippen LogP contribution in [0.4, 0.5) is 30.4 Å². The van der Waals surface area contributed by atoms with Gasteiger partial charge in [0, 0.05) is 54.2 Å². The molecule has 0 fully saturated rings. The van der Waals surface area contributed by atoms with Crippen LogP contribution < -0.4 is 5.32 Å². The molecule has 0 aliphatic rings. The number of aliphatic hydroxyl groups is 1. The molecule has 0 saturated heterocycles. The molecule has 1 aromatic carbocycles. The number of aromatic nitrogens is 4. The molecule has 0 spiro atoms. The van der Waals surface area contributed by atoms with Crippen molar-refractivity contribution in [1.82, 2.24) is 19.7 Å². The number of nitro groups is 1. The summed E-state index contributed by atoms with van der Waals surface area (Å²) in [7, 11) is 0. The van der Waals surface area contributed by atoms with Gasteiger partial charge < -0.3 is 10.4 Å². The molecule has 9 nitrogen and oxygen atoms in total. The summed E-state index contributed by atoms with van der Waals surface area (Å²) in [5.74, 6) is 0.0784. The van der Waals surface area contributed by atoms with Crippen LogP contribution >= 0.6 is 11.3 Å². The quantitative estimate of drug-likeness (QED) is 0.279. The van der Waals surface area contributed by atoms with Crippen molar-refractivity contribution in [2.75, 3.05) is 11.9 Å². The summed E-state index contributed by atoms with van der Waals surface area (Å²) in [4.78, 5) is 18.6. The topological polar surface area (TPSA) is 119 Å². The molecule has 0 atom stereocenters. The van der Waals surface area contributed by atoms with Crippen LogP contribution in [0.25, 0.3) is 16.4 Å². The number of anilines is 2. The van der Waals surface area contributed by atoms with Gasteiger partial charge in [-0.1, -0.05) is 0 Å². The average molecular weight is 490 g/mol. The maximum absolute atomic E-state index is 13.7. The van der Waals surface area contributed by atoms with Gasteiger partial charge in [-0.15, -0.1) is 11.3 Å². The first-order chi connectivity index (χ1) is 16.2. The van der Waals surface area contributed by atoms with Crippen LogP contribution in [0.3, 0.4) is 0 Å². The van der Waals surface area contributed by atoms with Gasteiger partial charge in [0.25, 0.3) is 5.69 Å². The van der Waals surface area contributed by atoms with Crippen molar-refractivity contribution in [2.45, 2.75) is 19.5 Å². The van der Waals surface area contributed by atoms with Crippen molar-refractivity contribution in [3.63, 3.8) is 0 Å². The number of aliphatic hydroxyl groups excluding tert-OH is 1. The summed E-state index contributed by atoms with van der Waals surface area (Å²) < 4.78 is 42.5. The van der Waals surface area contributed by atoms with Gasteiger partial charge in [-0.3, -0.25) is 10.1 Å². The molecule has 3 aromatic heterocycles. The van der Waals surface area contributed by atoms with Gasteiger partial charge in [-0.25, -0.2) is 14.6 Å². The molecule has 176 valence electrons. The molecule has 3 heterocycles. The predicted molar refractivity (Wildman–Crippen MR) is 119 cm³/mol. The van der Waals surface area contributed by atoms with E-state index in [1.54, 1.807) is 36.1 Å². The number of non-ortho nitro benzene ring substituents is 1. The first kappa shape index (κ1) is 23.3. The standard InChI is InChI=1S/C21H17F3N6O3S/c1-12-10-18(29-7-4-17(28-29)20-25-6-9-34-20)14(5-8-31)19(26-12)27-16-3-2-13(30(32)33)11-15(16)21(22,23)24/h2-4,6-7,9-11,31H,5,8H2,1H3,(H,26,27). The van der Waals surface area contributed by atoms with Crippen LogP contribution in [0.2, 0.25) is 0 Å². The van der Waals surface area contributed by atoms with Gasteiger partial charge in [0.15, 0.2) is 0 Å². The molecule has 0 aliphatic carbocycles. The summed E-state index contributed by atoms with van der Waals surface area (Å²) in [6.45, 7) is 1.38. The summed E-state index contributed by atoms with van der Waals surface area (Å²) >= 11 is 1.41. The van der Waals surface area contributed by atoms with E-state index in [4.69, 9.17) is 0 Å². The highest BCUT2D eigenvalue weighted by atomic mass is 32.1. The molecule has 0 bridgehead atoms. The Morgan fingerprint density at radius 2 is 2.06 bits per heavy atom. The second-order valence-electron chi connectivity index (χ2n) is 7.18. The number of thiazole rings is 1. The Labute approximate surface area is 194 Å². The van der Waals surface area contributed by atoms with E-state index in [0.717, 1.165) is 12.1 Å². The number of benzene rings is 1. The molecule has 2 N–H and O–H groups in total. The molecule has 34 heavy (non-hydrogen) atoms. The second-order valence-corrected chi connectivity index (χ2v) is 8.07. The molecule has 0 saturated carbocycles. The SMILES string of the molecule is Cc1cc(-n2ccc(-c3nccs3)n2)c(CCO)c(Nc2ccc([N+](=O)[O-])cc2C(F)(F)F)n1. The lowest BCUT2D eigenvalue weighted by Crippen LogP contribution is -2.13. The molecule has 0 unspecified atom stereocenters. The minimum Gasteiger partial charge on any atom is -0.396 e. The van der Waals surface area contributed by atoms with Crippen molar-refractivity contribution in [2.24, 2.45) is 0 Å². The van der Waals surface area contributed by atoms with Crippen molar-refractivity contribution >= 4 is 28.5 Å². The number of nitrogens with zero attached hydrogens (tertiary/aromatic N) is 5. The lowest BCUT2D eigenvalue weighted by molar-refractivity contribution is -0.385. The smallest absolute Gasteiger partial charge is 0.396 e. The number of hydrogen-bond acceptors (Lipinski definition) is 8. The van der Waals surface area contributed by atoms with E-state index in [1.807, 2.05) is 5.38 Å². The first-order valence-electron chi connectivity index (χ1n) is 9.87. The Kier molecular flexibility index (Phi) is 6.30. The Hall–Kier alpha value is -3.84. The molecule has 4 rings (SSSR count). The Balaban J connectivity index is 1.81. The minimum atomic E-state index is -4.84. The number of hydrogen-bond donors (Lipinski definition) is 2. The number of pyridine rings is 1. The number of halogens is 3. The molecule has 13 heteroatoms. The fourth-order valence-electron chi connectivity index (χ4n) is 3.39. The van der Waals surface area contributed by atoms with Gasteiger partial charge in [0.05, 0.1) is 21.9 Å². The first-order valence-corrected chi connectivity index (χ1v) is 10.8. The zero-order chi connectivity index (χ0) is 24.5. The van der Waals surface area contributed by atoms with Crippen LogP contribution in [0.1, 0.15) is 16.8 Å². The number of nitrogens with one attached hydrogen (secondary N) is 1. The summed E-state index contributed by atoms with van der Waals surface area (Å²) in [6, 6.07) is 5.89. The summed E-state index contributed by atoms with van der Waals surface area (Å²) in [5.41, 5.74) is -0.241. The van der Waals surface area contributed by atoms with Crippen molar-refractivity contribution in [3.05, 3.63) is 75.0 Å². The third-order valence-electron chi connectivity index (χ3n) is 4.85. The zero-order valence-electron chi connectivity index (χ0n) is 17.6. The zero-order valence-corrected chi connectivity index (χ0v) is 18.4. The highest BCUT2D eigenvalue weighted by Crippen LogP contribution is 2.39.